The molecule has 1 aromatic heterocycles. The first kappa shape index (κ1) is 16.0. The van der Waals surface area contributed by atoms with Gasteiger partial charge in [0.1, 0.15) is 5.82 Å². The molecule has 2 aromatic rings. The summed E-state index contributed by atoms with van der Waals surface area (Å²) in [6.45, 7) is 0. The van der Waals surface area contributed by atoms with E-state index in [9.17, 15) is 17.6 Å². The van der Waals surface area contributed by atoms with Crippen molar-refractivity contribution in [2.45, 2.75) is 6.18 Å². The topological polar surface area (TPSA) is 12.9 Å². The van der Waals surface area contributed by atoms with Crippen LogP contribution in [0.15, 0.2) is 42.7 Å². The van der Waals surface area contributed by atoms with Gasteiger partial charge in [0.15, 0.2) is 0 Å². The van der Waals surface area contributed by atoms with Crippen molar-refractivity contribution < 1.29 is 17.6 Å². The predicted octanol–water partition coefficient (Wildman–Crippen LogP) is 4.06. The number of hydrogen-bond acceptors (Lipinski definition) is 1. The minimum absolute atomic E-state index is 0. The molecule has 0 spiro atoms. The number of alkyl halides is 3. The van der Waals surface area contributed by atoms with Crippen molar-refractivity contribution in [3.05, 3.63) is 65.2 Å². The molecule has 104 valence electrons. The number of hydrogen-bond donors (Lipinski definition) is 0. The van der Waals surface area contributed by atoms with E-state index >= 15 is 0 Å². The Balaban J connectivity index is 0.00000200. The lowest BCUT2D eigenvalue weighted by Gasteiger charge is -2.05. The van der Waals surface area contributed by atoms with E-state index in [1.54, 1.807) is 0 Å². The lowest BCUT2D eigenvalue weighted by molar-refractivity contribution is -0.137. The molecule has 0 N–H and O–H groups in total. The highest BCUT2D eigenvalue weighted by atomic mass is 35.5. The van der Waals surface area contributed by atoms with Gasteiger partial charge >= 0.3 is 6.18 Å². The Hall–Kier alpha value is -2.06. The summed E-state index contributed by atoms with van der Waals surface area (Å²) < 4.78 is 50.3. The van der Waals surface area contributed by atoms with E-state index in [0.29, 0.717) is 5.56 Å². The molecule has 0 fully saturated rings. The molecule has 0 saturated carbocycles. The van der Waals surface area contributed by atoms with Crippen molar-refractivity contribution in [1.29, 1.82) is 0 Å². The van der Waals surface area contributed by atoms with Crippen LogP contribution in [0.25, 0.3) is 0 Å². The lowest BCUT2D eigenvalue weighted by atomic mass is 10.1. The number of nitrogens with zero attached hydrogens (tertiary/aromatic N) is 1. The van der Waals surface area contributed by atoms with Crippen molar-refractivity contribution in [2.75, 3.05) is 0 Å². The van der Waals surface area contributed by atoms with Gasteiger partial charge in [0.05, 0.1) is 11.8 Å². The van der Waals surface area contributed by atoms with Gasteiger partial charge in [-0.2, -0.15) is 13.2 Å². The van der Waals surface area contributed by atoms with E-state index in [0.717, 1.165) is 24.4 Å². The average Bonchev–Trinajstić information content (AvgIpc) is 2.36. The van der Waals surface area contributed by atoms with Crippen LogP contribution in [0.3, 0.4) is 0 Å². The summed E-state index contributed by atoms with van der Waals surface area (Å²) in [5, 5.41) is 0. The van der Waals surface area contributed by atoms with Crippen LogP contribution < -0.4 is 0 Å². The van der Waals surface area contributed by atoms with E-state index in [4.69, 9.17) is 0 Å². The molecular weight excluding hydrogens is 294 g/mol. The molecule has 0 radical (unpaired) electrons. The molecule has 1 heterocycles. The molecule has 2 rings (SSSR count). The third-order valence-electron chi connectivity index (χ3n) is 2.25. The zero-order valence-corrected chi connectivity index (χ0v) is 10.7. The maximum Gasteiger partial charge on any atom is 0.416 e. The average molecular weight is 302 g/mol. The summed E-state index contributed by atoms with van der Waals surface area (Å²) in [5.41, 5.74) is -0.256. The van der Waals surface area contributed by atoms with Crippen molar-refractivity contribution in [3.8, 4) is 11.8 Å². The maximum atomic E-state index is 12.8. The zero-order valence-electron chi connectivity index (χ0n) is 9.91. The van der Waals surface area contributed by atoms with Gasteiger partial charge in [-0.3, -0.25) is 4.98 Å². The van der Waals surface area contributed by atoms with Gasteiger partial charge in [-0.1, -0.05) is 17.9 Å². The van der Waals surface area contributed by atoms with E-state index in [1.165, 1.54) is 18.3 Å². The van der Waals surface area contributed by atoms with Crippen molar-refractivity contribution in [2.24, 2.45) is 0 Å². The Morgan fingerprint density at radius 2 is 1.65 bits per heavy atom. The molecule has 0 bridgehead atoms. The number of pyridine rings is 1. The lowest BCUT2D eigenvalue weighted by Crippen LogP contribution is -2.04. The molecule has 0 unspecified atom stereocenters. The zero-order chi connectivity index (χ0) is 13.9. The summed E-state index contributed by atoms with van der Waals surface area (Å²) in [4.78, 5) is 3.60. The fourth-order valence-electron chi connectivity index (χ4n) is 1.40. The highest BCUT2D eigenvalue weighted by molar-refractivity contribution is 5.85. The van der Waals surface area contributed by atoms with Crippen LogP contribution in [0.2, 0.25) is 0 Å². The van der Waals surface area contributed by atoms with Crippen molar-refractivity contribution >= 4 is 12.4 Å². The first-order chi connectivity index (χ1) is 8.95. The molecule has 0 aliphatic carbocycles. The van der Waals surface area contributed by atoms with Crippen molar-refractivity contribution in [3.63, 3.8) is 0 Å². The van der Waals surface area contributed by atoms with Crippen LogP contribution in [0, 0.1) is 17.7 Å². The van der Waals surface area contributed by atoms with E-state index in [-0.39, 0.29) is 18.0 Å². The highest BCUT2D eigenvalue weighted by Crippen LogP contribution is 2.29. The number of aromatic nitrogens is 1. The Bertz CT molecular complexity index is 656. The summed E-state index contributed by atoms with van der Waals surface area (Å²) in [6.07, 6.45) is -2.04. The third-order valence-corrected chi connectivity index (χ3v) is 2.25. The monoisotopic (exact) mass is 301 g/mol. The van der Waals surface area contributed by atoms with Gasteiger partial charge in [0.25, 0.3) is 0 Å². The van der Waals surface area contributed by atoms with Gasteiger partial charge in [-0.15, -0.1) is 12.4 Å². The molecule has 1 aromatic carbocycles. The fourth-order valence-corrected chi connectivity index (χ4v) is 1.40. The van der Waals surface area contributed by atoms with E-state index in [2.05, 4.69) is 16.8 Å². The summed E-state index contributed by atoms with van der Waals surface area (Å²) in [7, 11) is 0. The van der Waals surface area contributed by atoms with Gasteiger partial charge in [-0.25, -0.2) is 4.39 Å². The number of benzene rings is 1. The molecule has 0 aliphatic rings. The molecular formula is C14H8ClF4N. The van der Waals surface area contributed by atoms with Crippen LogP contribution in [-0.2, 0) is 6.18 Å². The minimum atomic E-state index is -4.40. The largest absolute Gasteiger partial charge is 0.416 e. The highest BCUT2D eigenvalue weighted by Gasteiger charge is 2.30. The fraction of sp³-hybridized carbons (Fsp3) is 0.0714. The molecule has 0 saturated heterocycles. The van der Waals surface area contributed by atoms with Gasteiger partial charge in [0, 0.05) is 17.3 Å². The third kappa shape index (κ3) is 4.25. The quantitative estimate of drug-likeness (QED) is 0.528. The Labute approximate surface area is 119 Å². The van der Waals surface area contributed by atoms with Gasteiger partial charge in [-0.05, 0) is 24.3 Å². The van der Waals surface area contributed by atoms with Crippen LogP contribution in [-0.4, -0.2) is 4.98 Å². The molecule has 1 nitrogen and oxygen atoms in total. The number of halogens is 5. The predicted molar refractivity (Wildman–Crippen MR) is 68.9 cm³/mol. The molecule has 0 aliphatic heterocycles. The first-order valence-corrected chi connectivity index (χ1v) is 5.25. The number of rotatable bonds is 0. The SMILES string of the molecule is Cl.Fc1cncc(C#Cc2cccc(C(F)(F)F)c2)c1. The Morgan fingerprint density at radius 1 is 0.950 bits per heavy atom. The maximum absolute atomic E-state index is 12.8. The van der Waals surface area contributed by atoms with Gasteiger partial charge in [0.2, 0.25) is 0 Å². The van der Waals surface area contributed by atoms with E-state index < -0.39 is 17.6 Å². The standard InChI is InChI=1S/C14H7F4N.ClH/c15-13-7-11(8-19-9-13)5-4-10-2-1-3-12(6-10)14(16,17)18;/h1-3,6-9H;1H. The van der Waals surface area contributed by atoms with Crippen LogP contribution in [0.1, 0.15) is 16.7 Å². The summed E-state index contributed by atoms with van der Waals surface area (Å²) >= 11 is 0. The van der Waals surface area contributed by atoms with Crippen LogP contribution >= 0.6 is 12.4 Å². The second kappa shape index (κ2) is 6.40. The van der Waals surface area contributed by atoms with Crippen LogP contribution in [0.5, 0.6) is 0 Å². The van der Waals surface area contributed by atoms with Crippen molar-refractivity contribution in [1.82, 2.24) is 4.98 Å². The Kier molecular flexibility index (Phi) is 5.12. The van der Waals surface area contributed by atoms with E-state index in [1.807, 2.05) is 0 Å². The second-order valence-corrected chi connectivity index (χ2v) is 3.72. The first-order valence-electron chi connectivity index (χ1n) is 5.25. The minimum Gasteiger partial charge on any atom is -0.260 e. The summed E-state index contributed by atoms with van der Waals surface area (Å²) in [6, 6.07) is 5.80. The molecule has 6 heteroatoms. The second-order valence-electron chi connectivity index (χ2n) is 3.72. The van der Waals surface area contributed by atoms with Crippen LogP contribution in [0.4, 0.5) is 17.6 Å². The normalized spacial score (nSPS) is 10.2. The summed E-state index contributed by atoms with van der Waals surface area (Å²) in [5.74, 6) is 4.56. The molecule has 0 atom stereocenters. The molecule has 0 amide bonds. The Morgan fingerprint density at radius 3 is 2.30 bits per heavy atom. The molecule has 20 heavy (non-hydrogen) atoms. The smallest absolute Gasteiger partial charge is 0.260 e. The van der Waals surface area contributed by atoms with Gasteiger partial charge < -0.3 is 0 Å².